The molecule has 0 atom stereocenters. The smallest absolute Gasteiger partial charge is 0.00950 e. The molecule has 84 valence electrons. The van der Waals surface area contributed by atoms with Crippen molar-refractivity contribution in [3.63, 3.8) is 0 Å². The normalized spacial score (nSPS) is 21.6. The first-order valence-corrected chi connectivity index (χ1v) is 6.62. The van der Waals surface area contributed by atoms with Crippen LogP contribution < -0.4 is 0 Å². The van der Waals surface area contributed by atoms with Gasteiger partial charge in [-0.3, -0.25) is 0 Å². The van der Waals surface area contributed by atoms with Crippen molar-refractivity contribution in [3.8, 4) is 0 Å². The molecule has 0 heterocycles. The molecule has 14 heavy (non-hydrogen) atoms. The lowest BCUT2D eigenvalue weighted by Gasteiger charge is -2.29. The van der Waals surface area contributed by atoms with Crippen LogP contribution in [-0.4, -0.2) is 24.0 Å². The van der Waals surface area contributed by atoms with Crippen LogP contribution in [0.25, 0.3) is 0 Å². The van der Waals surface area contributed by atoms with Gasteiger partial charge in [-0.05, 0) is 25.9 Å². The molecule has 0 radical (unpaired) electrons. The van der Waals surface area contributed by atoms with Crippen LogP contribution in [0.3, 0.4) is 0 Å². The third kappa shape index (κ3) is 4.00. The number of nitrogens with zero attached hydrogens (tertiary/aromatic N) is 1. The quantitative estimate of drug-likeness (QED) is 0.664. The zero-order valence-corrected chi connectivity index (χ0v) is 10.1. The van der Waals surface area contributed by atoms with Crippen LogP contribution in [0, 0.1) is 0 Å². The van der Waals surface area contributed by atoms with Gasteiger partial charge in [0.2, 0.25) is 0 Å². The van der Waals surface area contributed by atoms with Gasteiger partial charge in [0.1, 0.15) is 0 Å². The first kappa shape index (κ1) is 12.0. The third-order valence-corrected chi connectivity index (χ3v) is 3.65. The molecule has 1 fully saturated rings. The number of hydrogen-bond acceptors (Lipinski definition) is 1. The van der Waals surface area contributed by atoms with E-state index in [9.17, 15) is 0 Å². The van der Waals surface area contributed by atoms with Crippen molar-refractivity contribution < 1.29 is 0 Å². The minimum Gasteiger partial charge on any atom is -0.301 e. The second-order valence-electron chi connectivity index (χ2n) is 4.57. The van der Waals surface area contributed by atoms with Crippen molar-refractivity contribution in [2.24, 2.45) is 0 Å². The average Bonchev–Trinajstić information content (AvgIpc) is 2.34. The maximum absolute atomic E-state index is 2.66. The minimum atomic E-state index is 0.892. The van der Waals surface area contributed by atoms with Crippen molar-refractivity contribution in [1.82, 2.24) is 4.90 Å². The van der Waals surface area contributed by atoms with Crippen molar-refractivity contribution in [1.29, 1.82) is 0 Å². The summed E-state index contributed by atoms with van der Waals surface area (Å²) in [5.41, 5.74) is 0. The van der Waals surface area contributed by atoms with Crippen LogP contribution in [0.5, 0.6) is 0 Å². The Morgan fingerprint density at radius 3 is 1.64 bits per heavy atom. The first-order chi connectivity index (χ1) is 6.88. The number of rotatable bonds is 3. The monoisotopic (exact) mass is 197 g/mol. The molecule has 0 aromatic carbocycles. The molecule has 0 aromatic heterocycles. The van der Waals surface area contributed by atoms with Gasteiger partial charge in [-0.25, -0.2) is 0 Å². The van der Waals surface area contributed by atoms with E-state index >= 15 is 0 Å². The summed E-state index contributed by atoms with van der Waals surface area (Å²) in [7, 11) is 0. The highest BCUT2D eigenvalue weighted by Gasteiger charge is 2.15. The summed E-state index contributed by atoms with van der Waals surface area (Å²) < 4.78 is 0. The summed E-state index contributed by atoms with van der Waals surface area (Å²) in [6, 6.07) is 0.892. The standard InChI is InChI=1S/C13H27N/c1-3-14(4-2)13-11-9-7-5-6-8-10-12-13/h13H,3-12H2,1-2H3. The Morgan fingerprint density at radius 2 is 1.21 bits per heavy atom. The van der Waals surface area contributed by atoms with E-state index in [4.69, 9.17) is 0 Å². The van der Waals surface area contributed by atoms with Crippen molar-refractivity contribution in [2.45, 2.75) is 71.3 Å². The Bertz CT molecular complexity index is 119. The lowest BCUT2D eigenvalue weighted by Crippen LogP contribution is -2.34. The van der Waals surface area contributed by atoms with Crippen LogP contribution >= 0.6 is 0 Å². The Kier molecular flexibility index (Phi) is 6.25. The first-order valence-electron chi connectivity index (χ1n) is 6.62. The van der Waals surface area contributed by atoms with E-state index in [1.807, 2.05) is 0 Å². The molecule has 1 heteroatoms. The zero-order valence-electron chi connectivity index (χ0n) is 10.1. The van der Waals surface area contributed by atoms with E-state index in [2.05, 4.69) is 18.7 Å². The molecule has 0 bridgehead atoms. The second-order valence-corrected chi connectivity index (χ2v) is 4.57. The third-order valence-electron chi connectivity index (χ3n) is 3.65. The van der Waals surface area contributed by atoms with E-state index in [1.54, 1.807) is 0 Å². The van der Waals surface area contributed by atoms with E-state index in [0.29, 0.717) is 0 Å². The fraction of sp³-hybridized carbons (Fsp3) is 1.00. The summed E-state index contributed by atoms with van der Waals surface area (Å²) in [5, 5.41) is 0. The summed E-state index contributed by atoms with van der Waals surface area (Å²) >= 11 is 0. The summed E-state index contributed by atoms with van der Waals surface area (Å²) in [6.45, 7) is 7.08. The van der Waals surface area contributed by atoms with Crippen LogP contribution in [0.15, 0.2) is 0 Å². The van der Waals surface area contributed by atoms with Crippen molar-refractivity contribution >= 4 is 0 Å². The predicted octanol–water partition coefficient (Wildman–Crippen LogP) is 3.83. The minimum absolute atomic E-state index is 0.892. The Morgan fingerprint density at radius 1 is 0.786 bits per heavy atom. The molecule has 1 aliphatic carbocycles. The predicted molar refractivity (Wildman–Crippen MR) is 63.6 cm³/mol. The van der Waals surface area contributed by atoms with Gasteiger partial charge in [-0.1, -0.05) is 52.4 Å². The van der Waals surface area contributed by atoms with Crippen molar-refractivity contribution in [3.05, 3.63) is 0 Å². The van der Waals surface area contributed by atoms with Crippen LogP contribution in [-0.2, 0) is 0 Å². The Balaban J connectivity index is 2.37. The highest BCUT2D eigenvalue weighted by Crippen LogP contribution is 2.20. The lowest BCUT2D eigenvalue weighted by molar-refractivity contribution is 0.191. The molecule has 1 saturated carbocycles. The SMILES string of the molecule is CCN(CC)C1CCCCCCCC1. The summed E-state index contributed by atoms with van der Waals surface area (Å²) in [6.07, 6.45) is 11.7. The molecule has 0 unspecified atom stereocenters. The molecule has 0 N–H and O–H groups in total. The van der Waals surface area contributed by atoms with Gasteiger partial charge in [0, 0.05) is 6.04 Å². The molecule has 0 amide bonds. The molecule has 1 rings (SSSR count). The van der Waals surface area contributed by atoms with Gasteiger partial charge in [0.15, 0.2) is 0 Å². The number of hydrogen-bond donors (Lipinski definition) is 0. The van der Waals surface area contributed by atoms with Gasteiger partial charge >= 0.3 is 0 Å². The van der Waals surface area contributed by atoms with E-state index in [1.165, 1.54) is 64.5 Å². The molecule has 1 nitrogen and oxygen atoms in total. The molecule has 0 aliphatic heterocycles. The van der Waals surface area contributed by atoms with Crippen molar-refractivity contribution in [2.75, 3.05) is 13.1 Å². The maximum Gasteiger partial charge on any atom is 0.00950 e. The van der Waals surface area contributed by atoms with E-state index in [0.717, 1.165) is 6.04 Å². The second kappa shape index (κ2) is 7.28. The van der Waals surface area contributed by atoms with Crippen LogP contribution in [0.4, 0.5) is 0 Å². The topological polar surface area (TPSA) is 3.24 Å². The molecule has 0 spiro atoms. The molecule has 1 aliphatic rings. The molecule has 0 saturated heterocycles. The van der Waals surface area contributed by atoms with Gasteiger partial charge in [0.05, 0.1) is 0 Å². The van der Waals surface area contributed by atoms with E-state index < -0.39 is 0 Å². The molecular weight excluding hydrogens is 170 g/mol. The zero-order chi connectivity index (χ0) is 10.2. The Hall–Kier alpha value is -0.0400. The highest BCUT2D eigenvalue weighted by molar-refractivity contribution is 4.71. The lowest BCUT2D eigenvalue weighted by atomic mass is 10.0. The average molecular weight is 197 g/mol. The van der Waals surface area contributed by atoms with E-state index in [-0.39, 0.29) is 0 Å². The van der Waals surface area contributed by atoms with Gasteiger partial charge < -0.3 is 4.90 Å². The van der Waals surface area contributed by atoms with Crippen LogP contribution in [0.2, 0.25) is 0 Å². The Labute approximate surface area is 89.9 Å². The summed E-state index contributed by atoms with van der Waals surface area (Å²) in [4.78, 5) is 2.66. The maximum atomic E-state index is 2.66. The van der Waals surface area contributed by atoms with Gasteiger partial charge in [0.25, 0.3) is 0 Å². The van der Waals surface area contributed by atoms with Gasteiger partial charge in [-0.15, -0.1) is 0 Å². The molecule has 0 aromatic rings. The van der Waals surface area contributed by atoms with Gasteiger partial charge in [-0.2, -0.15) is 0 Å². The summed E-state index contributed by atoms with van der Waals surface area (Å²) in [5.74, 6) is 0. The fourth-order valence-electron chi connectivity index (χ4n) is 2.72. The largest absolute Gasteiger partial charge is 0.301 e. The highest BCUT2D eigenvalue weighted by atomic mass is 15.1. The van der Waals surface area contributed by atoms with Crippen LogP contribution in [0.1, 0.15) is 65.2 Å². The molecular formula is C13H27N. The fourth-order valence-corrected chi connectivity index (χ4v) is 2.72.